The molecule has 0 fully saturated rings. The van der Waals surface area contributed by atoms with Crippen molar-refractivity contribution in [2.24, 2.45) is 5.92 Å². The summed E-state index contributed by atoms with van der Waals surface area (Å²) in [4.78, 5) is 0. The van der Waals surface area contributed by atoms with Gasteiger partial charge < -0.3 is 5.32 Å². The largest absolute Gasteiger partial charge is 0.382 e. The molecule has 0 aliphatic rings. The fraction of sp³-hybridized carbons (Fsp3) is 0.538. The molecule has 0 saturated heterocycles. The molecular weight excluding hydrogens is 221 g/mol. The van der Waals surface area contributed by atoms with Gasteiger partial charge in [-0.3, -0.25) is 0 Å². The van der Waals surface area contributed by atoms with E-state index in [0.717, 1.165) is 18.2 Å². The summed E-state index contributed by atoms with van der Waals surface area (Å²) >= 11 is 1.92. The Kier molecular flexibility index (Phi) is 6.31. The number of thioether (sulfide) groups is 1. The van der Waals surface area contributed by atoms with Gasteiger partial charge in [-0.05, 0) is 30.2 Å². The number of nitrogens with one attached hydrogen (secondary N) is 1. The van der Waals surface area contributed by atoms with Crippen molar-refractivity contribution in [1.82, 2.24) is 0 Å². The highest BCUT2D eigenvalue weighted by atomic mass is 32.2. The molecule has 0 spiro atoms. The van der Waals surface area contributed by atoms with Gasteiger partial charge in [0.2, 0.25) is 0 Å². The number of hydrogen-bond donors (Lipinski definition) is 1. The van der Waals surface area contributed by atoms with Gasteiger partial charge >= 0.3 is 0 Å². The van der Waals surface area contributed by atoms with Crippen molar-refractivity contribution in [2.45, 2.75) is 20.3 Å². The highest BCUT2D eigenvalue weighted by molar-refractivity contribution is 7.99. The molecule has 16 heavy (non-hydrogen) atoms. The Bertz CT molecular complexity index is 302. The lowest BCUT2D eigenvalue weighted by Crippen LogP contribution is -2.06. The lowest BCUT2D eigenvalue weighted by Gasteiger charge is -2.07. The molecule has 1 rings (SSSR count). The Morgan fingerprint density at radius 1 is 1.25 bits per heavy atom. The summed E-state index contributed by atoms with van der Waals surface area (Å²) < 4.78 is 13.2. The van der Waals surface area contributed by atoms with E-state index in [0.29, 0.717) is 5.69 Å². The molecule has 0 saturated carbocycles. The Balaban J connectivity index is 2.10. The Morgan fingerprint density at radius 2 is 2.00 bits per heavy atom. The minimum absolute atomic E-state index is 0.172. The van der Waals surface area contributed by atoms with Crippen molar-refractivity contribution >= 4 is 17.4 Å². The van der Waals surface area contributed by atoms with Crippen LogP contribution in [-0.4, -0.2) is 18.1 Å². The number of hydrogen-bond acceptors (Lipinski definition) is 2. The molecule has 1 nitrogen and oxygen atoms in total. The minimum atomic E-state index is -0.172. The lowest BCUT2D eigenvalue weighted by molar-refractivity contribution is 0.630. The van der Waals surface area contributed by atoms with Crippen molar-refractivity contribution in [2.75, 3.05) is 23.4 Å². The van der Waals surface area contributed by atoms with E-state index in [1.54, 1.807) is 12.1 Å². The summed E-state index contributed by atoms with van der Waals surface area (Å²) in [6, 6.07) is 6.80. The van der Waals surface area contributed by atoms with Gasteiger partial charge in [0.1, 0.15) is 5.82 Å². The van der Waals surface area contributed by atoms with E-state index in [1.165, 1.54) is 18.2 Å². The maximum Gasteiger partial charge on any atom is 0.146 e. The SMILES string of the molecule is CC(C)CCSCCNc1ccccc1F. The summed E-state index contributed by atoms with van der Waals surface area (Å²) in [7, 11) is 0. The van der Waals surface area contributed by atoms with Crippen LogP contribution < -0.4 is 5.32 Å². The topological polar surface area (TPSA) is 12.0 Å². The van der Waals surface area contributed by atoms with Crippen LogP contribution in [0.15, 0.2) is 24.3 Å². The first kappa shape index (κ1) is 13.4. The molecule has 0 aliphatic heterocycles. The first-order valence-corrected chi connectivity index (χ1v) is 6.91. The van der Waals surface area contributed by atoms with Crippen LogP contribution in [0.2, 0.25) is 0 Å². The molecule has 0 radical (unpaired) electrons. The molecule has 0 aromatic heterocycles. The number of benzene rings is 1. The molecule has 1 aromatic rings. The van der Waals surface area contributed by atoms with Crippen LogP contribution in [0.1, 0.15) is 20.3 Å². The van der Waals surface area contributed by atoms with Crippen molar-refractivity contribution < 1.29 is 4.39 Å². The smallest absolute Gasteiger partial charge is 0.146 e. The number of rotatable bonds is 7. The predicted molar refractivity (Wildman–Crippen MR) is 71.7 cm³/mol. The van der Waals surface area contributed by atoms with Crippen molar-refractivity contribution in [3.8, 4) is 0 Å². The molecule has 1 N–H and O–H groups in total. The normalized spacial score (nSPS) is 10.8. The van der Waals surface area contributed by atoms with Gasteiger partial charge in [-0.1, -0.05) is 26.0 Å². The molecule has 0 amide bonds. The maximum atomic E-state index is 13.2. The standard InChI is InChI=1S/C13H20FNS/c1-11(2)7-9-16-10-8-15-13-6-4-3-5-12(13)14/h3-6,11,15H,7-10H2,1-2H3. The number of anilines is 1. The van der Waals surface area contributed by atoms with Gasteiger partial charge in [0.25, 0.3) is 0 Å². The second-order valence-corrected chi connectivity index (χ2v) is 5.43. The highest BCUT2D eigenvalue weighted by Gasteiger charge is 1.98. The average molecular weight is 241 g/mol. The van der Waals surface area contributed by atoms with Gasteiger partial charge in [-0.15, -0.1) is 0 Å². The number of halogens is 1. The van der Waals surface area contributed by atoms with Gasteiger partial charge in [0.05, 0.1) is 5.69 Å². The zero-order valence-electron chi connectivity index (χ0n) is 10.0. The van der Waals surface area contributed by atoms with E-state index in [1.807, 2.05) is 17.8 Å². The van der Waals surface area contributed by atoms with Crippen LogP contribution in [0.4, 0.5) is 10.1 Å². The van der Waals surface area contributed by atoms with E-state index in [9.17, 15) is 4.39 Å². The lowest BCUT2D eigenvalue weighted by atomic mass is 10.2. The quantitative estimate of drug-likeness (QED) is 0.724. The molecular formula is C13H20FNS. The molecule has 0 bridgehead atoms. The second kappa shape index (κ2) is 7.55. The third-order valence-corrected chi connectivity index (χ3v) is 3.29. The second-order valence-electron chi connectivity index (χ2n) is 4.20. The van der Waals surface area contributed by atoms with Crippen molar-refractivity contribution in [3.05, 3.63) is 30.1 Å². The maximum absolute atomic E-state index is 13.2. The van der Waals surface area contributed by atoms with E-state index in [-0.39, 0.29) is 5.82 Å². The molecule has 0 aliphatic carbocycles. The molecule has 90 valence electrons. The third kappa shape index (κ3) is 5.40. The summed E-state index contributed by atoms with van der Waals surface area (Å²) in [6.45, 7) is 5.29. The van der Waals surface area contributed by atoms with Crippen LogP contribution in [0.3, 0.4) is 0 Å². The third-order valence-electron chi connectivity index (χ3n) is 2.28. The first-order chi connectivity index (χ1) is 7.70. The molecule has 0 unspecified atom stereocenters. The van der Waals surface area contributed by atoms with E-state index in [4.69, 9.17) is 0 Å². The summed E-state index contributed by atoms with van der Waals surface area (Å²) in [5.74, 6) is 2.82. The first-order valence-electron chi connectivity index (χ1n) is 5.76. The van der Waals surface area contributed by atoms with Crippen molar-refractivity contribution in [1.29, 1.82) is 0 Å². The Hall–Kier alpha value is -0.700. The van der Waals surface area contributed by atoms with Gasteiger partial charge in [0.15, 0.2) is 0 Å². The molecule has 1 aromatic carbocycles. The van der Waals surface area contributed by atoms with Crippen LogP contribution in [0, 0.1) is 11.7 Å². The highest BCUT2D eigenvalue weighted by Crippen LogP contribution is 2.13. The van der Waals surface area contributed by atoms with Crippen LogP contribution in [0.25, 0.3) is 0 Å². The van der Waals surface area contributed by atoms with Gasteiger partial charge in [-0.2, -0.15) is 11.8 Å². The van der Waals surface area contributed by atoms with Crippen LogP contribution >= 0.6 is 11.8 Å². The van der Waals surface area contributed by atoms with Crippen molar-refractivity contribution in [3.63, 3.8) is 0 Å². The van der Waals surface area contributed by atoms with Crippen LogP contribution in [0.5, 0.6) is 0 Å². The van der Waals surface area contributed by atoms with Crippen LogP contribution in [-0.2, 0) is 0 Å². The zero-order valence-corrected chi connectivity index (χ0v) is 10.8. The van der Waals surface area contributed by atoms with E-state index in [2.05, 4.69) is 19.2 Å². The Labute approximate surface area is 102 Å². The monoisotopic (exact) mass is 241 g/mol. The average Bonchev–Trinajstić information content (AvgIpc) is 2.25. The fourth-order valence-electron chi connectivity index (χ4n) is 1.28. The minimum Gasteiger partial charge on any atom is -0.382 e. The Morgan fingerprint density at radius 3 is 2.69 bits per heavy atom. The molecule has 3 heteroatoms. The molecule has 0 atom stereocenters. The van der Waals surface area contributed by atoms with E-state index >= 15 is 0 Å². The van der Waals surface area contributed by atoms with E-state index < -0.39 is 0 Å². The van der Waals surface area contributed by atoms with Gasteiger partial charge in [0, 0.05) is 12.3 Å². The predicted octanol–water partition coefficient (Wildman–Crippen LogP) is 4.02. The zero-order chi connectivity index (χ0) is 11.8. The summed E-state index contributed by atoms with van der Waals surface area (Å²) in [6.07, 6.45) is 1.25. The number of para-hydroxylation sites is 1. The fourth-order valence-corrected chi connectivity index (χ4v) is 2.37. The summed E-state index contributed by atoms with van der Waals surface area (Å²) in [5.41, 5.74) is 0.604. The molecule has 0 heterocycles. The van der Waals surface area contributed by atoms with Gasteiger partial charge in [-0.25, -0.2) is 4.39 Å². The summed E-state index contributed by atoms with van der Waals surface area (Å²) in [5, 5.41) is 3.11.